The van der Waals surface area contributed by atoms with Crippen molar-refractivity contribution in [2.24, 2.45) is 5.73 Å². The first-order valence-electron chi connectivity index (χ1n) is 21.0. The molecule has 1 amide bonds. The minimum absolute atomic E-state index is 0.145. The summed E-state index contributed by atoms with van der Waals surface area (Å²) in [6.07, 6.45) is 5.45. The number of alkyl halides is 1. The van der Waals surface area contributed by atoms with Gasteiger partial charge in [0.1, 0.15) is 24.0 Å². The van der Waals surface area contributed by atoms with Gasteiger partial charge in [-0.3, -0.25) is 48.7 Å². The predicted molar refractivity (Wildman–Crippen MR) is 259 cm³/mol. The van der Waals surface area contributed by atoms with Gasteiger partial charge in [0.25, 0.3) is 5.91 Å². The second kappa shape index (κ2) is 23.0. The number of fused-ring (bicyclic) bond motifs is 2. The number of rotatable bonds is 11. The Kier molecular flexibility index (Phi) is 16.7. The van der Waals surface area contributed by atoms with E-state index in [9.17, 15) is 34.2 Å². The second-order valence-electron chi connectivity index (χ2n) is 15.0. The van der Waals surface area contributed by atoms with E-state index in [0.29, 0.717) is 33.9 Å². The molecule has 8 aromatic rings. The van der Waals surface area contributed by atoms with Crippen LogP contribution in [0.4, 0.5) is 27.4 Å². The first kappa shape index (κ1) is 50.2. The van der Waals surface area contributed by atoms with Gasteiger partial charge in [-0.05, 0) is 110 Å². The first-order chi connectivity index (χ1) is 33.2. The number of benzene rings is 2. The van der Waals surface area contributed by atoms with Crippen LogP contribution < -0.4 is 22.5 Å². The number of nitrogen functional groups attached to an aromatic ring is 2. The van der Waals surface area contributed by atoms with E-state index in [-0.39, 0.29) is 31.0 Å². The van der Waals surface area contributed by atoms with Gasteiger partial charge >= 0.3 is 17.3 Å². The molecule has 0 bridgehead atoms. The van der Waals surface area contributed by atoms with Crippen molar-refractivity contribution in [3.8, 4) is 0 Å². The Morgan fingerprint density at radius 1 is 0.754 bits per heavy atom. The quantitative estimate of drug-likeness (QED) is 0.0614. The van der Waals surface area contributed by atoms with Crippen molar-refractivity contribution >= 4 is 79.9 Å². The number of aromatic carboxylic acids is 1. The van der Waals surface area contributed by atoms with Gasteiger partial charge in [0.2, 0.25) is 11.4 Å². The van der Waals surface area contributed by atoms with Crippen LogP contribution in [0.1, 0.15) is 67.1 Å². The van der Waals surface area contributed by atoms with Crippen molar-refractivity contribution in [3.63, 3.8) is 0 Å². The molecule has 0 aliphatic rings. The van der Waals surface area contributed by atoms with Crippen LogP contribution in [0.3, 0.4) is 0 Å². The maximum Gasteiger partial charge on any atom is 0.363 e. The van der Waals surface area contributed by atoms with E-state index in [1.165, 1.54) is 15.6 Å². The molecular weight excluding hydrogens is 938 g/mol. The maximum absolute atomic E-state index is 12.8. The number of hydrogen-bond donors (Lipinski definition) is 5. The highest BCUT2D eigenvalue weighted by Crippen LogP contribution is 2.24. The average Bonchev–Trinajstić information content (AvgIpc) is 3.92. The Hall–Kier alpha value is -8.21. The monoisotopic (exact) mass is 983 g/mol. The lowest BCUT2D eigenvalue weighted by atomic mass is 10.1. The third-order valence-corrected chi connectivity index (χ3v) is 10.6. The largest absolute Gasteiger partial charge is 0.476 e. The molecule has 0 radical (unpaired) electrons. The van der Waals surface area contributed by atoms with Gasteiger partial charge in [-0.2, -0.15) is 10.2 Å². The van der Waals surface area contributed by atoms with E-state index in [1.54, 1.807) is 49.6 Å². The van der Waals surface area contributed by atoms with Crippen molar-refractivity contribution < 1.29 is 30.3 Å². The smallest absolute Gasteiger partial charge is 0.363 e. The summed E-state index contributed by atoms with van der Waals surface area (Å²) in [7, 11) is -1.00. The number of nitrogens with one attached hydrogen (secondary N) is 1. The van der Waals surface area contributed by atoms with Crippen LogP contribution in [-0.4, -0.2) is 73.5 Å². The third kappa shape index (κ3) is 13.2. The van der Waals surface area contributed by atoms with E-state index in [4.69, 9.17) is 46.9 Å². The lowest BCUT2D eigenvalue weighted by Crippen LogP contribution is -2.25. The number of carbonyl (C=O) groups is 2. The number of nitrogens with two attached hydrogens (primary N) is 3. The number of hydrogen-bond acceptors (Lipinski definition) is 15. The van der Waals surface area contributed by atoms with Crippen LogP contribution in [0.25, 0.3) is 21.8 Å². The summed E-state index contributed by atoms with van der Waals surface area (Å²) in [5, 5.41) is 44.7. The molecule has 0 fully saturated rings. The summed E-state index contributed by atoms with van der Waals surface area (Å²) in [6.45, 7) is 8.66. The summed E-state index contributed by atoms with van der Waals surface area (Å²) in [4.78, 5) is 61.5. The number of aryl methyl sites for hydroxylation is 4. The van der Waals surface area contributed by atoms with Gasteiger partial charge in [0, 0.05) is 47.6 Å². The maximum atomic E-state index is 12.8. The van der Waals surface area contributed by atoms with Crippen molar-refractivity contribution in [2.75, 3.05) is 18.6 Å². The molecule has 358 valence electrons. The molecule has 2 aromatic carbocycles. The second-order valence-corrected chi connectivity index (χ2v) is 15.9. The van der Waals surface area contributed by atoms with E-state index < -0.39 is 40.3 Å². The molecule has 0 unspecified atom stereocenters. The average molecular weight is 985 g/mol. The molecule has 6 aromatic heterocycles. The molecule has 0 aliphatic heterocycles. The number of anilines is 2. The zero-order valence-electron chi connectivity index (χ0n) is 38.4. The molecule has 69 heavy (non-hydrogen) atoms. The Morgan fingerprint density at radius 3 is 1.59 bits per heavy atom. The van der Waals surface area contributed by atoms with Gasteiger partial charge in [-0.15, -0.1) is 0 Å². The van der Waals surface area contributed by atoms with Crippen LogP contribution in [0, 0.1) is 47.9 Å². The van der Waals surface area contributed by atoms with Crippen molar-refractivity contribution in [2.45, 2.75) is 53.9 Å². The Bertz CT molecular complexity index is 3170. The number of aromatic nitrogens is 8. The summed E-state index contributed by atoms with van der Waals surface area (Å²) in [5.74, 6) is -1.13. The number of nitro groups is 2. The lowest BCUT2D eigenvalue weighted by Gasteiger charge is -2.10. The van der Waals surface area contributed by atoms with Gasteiger partial charge in [-0.1, -0.05) is 35.3 Å². The van der Waals surface area contributed by atoms with Gasteiger partial charge in [0.05, 0.1) is 52.5 Å². The molecule has 0 saturated carbocycles. The highest BCUT2D eigenvalue weighted by molar-refractivity contribution is 6.31. The Labute approximate surface area is 403 Å². The molecule has 0 aliphatic carbocycles. The Morgan fingerprint density at radius 2 is 1.19 bits per heavy atom. The fraction of sp³-hybridized carbons (Fsp3) is 0.200. The SMILES string of the molecule is Cc1cc(N)nc(C)c1CN.Cc1cc(N)nc(C)c1CNC(=O)c1nn(Cc2ccc3ncc(Cl)cc3c2)cc1[N+](=O)[O-].O=C(O)c1nn(Cc2ccc3ncc(Cl)cc3c2)cc1[N+](=O)[O-].[2H]CF. The molecular formula is C45H45Cl2FN14O7. The fourth-order valence-electron chi connectivity index (χ4n) is 7.05. The molecule has 6 heterocycles. The van der Waals surface area contributed by atoms with Gasteiger partial charge in [0.15, 0.2) is 0 Å². The van der Waals surface area contributed by atoms with Crippen LogP contribution in [0.15, 0.2) is 85.5 Å². The number of carboxylic acid groups (broad SMARTS) is 1. The van der Waals surface area contributed by atoms with Crippen LogP contribution in [0.2, 0.25) is 10.0 Å². The van der Waals surface area contributed by atoms with Crippen molar-refractivity contribution in [1.82, 2.24) is 44.8 Å². The third-order valence-electron chi connectivity index (χ3n) is 10.2. The number of carboxylic acids is 1. The summed E-state index contributed by atoms with van der Waals surface area (Å²) >= 11 is 11.9. The Balaban J connectivity index is 0.000000212. The molecule has 8 N–H and O–H groups in total. The number of halogens is 3. The number of pyridine rings is 4. The number of nitrogens with zero attached hydrogens (tertiary/aromatic N) is 10. The highest BCUT2D eigenvalue weighted by atomic mass is 35.5. The zero-order chi connectivity index (χ0) is 51.4. The molecule has 21 nitrogen and oxygen atoms in total. The van der Waals surface area contributed by atoms with E-state index in [2.05, 4.69) is 35.5 Å². The number of amides is 1. The molecule has 0 atom stereocenters. The van der Waals surface area contributed by atoms with E-state index in [1.807, 2.05) is 51.1 Å². The predicted octanol–water partition coefficient (Wildman–Crippen LogP) is 7.63. The van der Waals surface area contributed by atoms with Gasteiger partial charge < -0.3 is 27.6 Å². The van der Waals surface area contributed by atoms with Gasteiger partial charge in [-0.25, -0.2) is 14.8 Å². The molecule has 0 saturated heterocycles. The van der Waals surface area contributed by atoms with E-state index >= 15 is 0 Å². The van der Waals surface area contributed by atoms with Crippen LogP contribution >= 0.6 is 23.2 Å². The van der Waals surface area contributed by atoms with Crippen LogP contribution in [0.5, 0.6) is 0 Å². The summed E-state index contributed by atoms with van der Waals surface area (Å²) in [6, 6.07) is 18.0. The molecule has 24 heteroatoms. The highest BCUT2D eigenvalue weighted by Gasteiger charge is 2.27. The van der Waals surface area contributed by atoms with Crippen LogP contribution in [-0.2, 0) is 26.2 Å². The topological polar surface area (TPSA) is 318 Å². The minimum atomic E-state index is -1.44. The summed E-state index contributed by atoms with van der Waals surface area (Å²) in [5.41, 5.74) is 23.7. The first-order valence-corrected chi connectivity index (χ1v) is 21.0. The zero-order valence-corrected chi connectivity index (χ0v) is 38.9. The van der Waals surface area contributed by atoms with Crippen molar-refractivity contribution in [3.05, 3.63) is 172 Å². The lowest BCUT2D eigenvalue weighted by molar-refractivity contribution is -0.385. The minimum Gasteiger partial charge on any atom is -0.476 e. The fourth-order valence-corrected chi connectivity index (χ4v) is 7.38. The normalized spacial score (nSPS) is 10.8. The molecule has 0 spiro atoms. The standard InChI is InChI=1S/C22H20ClN7O3.C14H9ClN4O4.C8H13N3.CH3F/c1-12-5-20(24)27-13(2)17(12)9-26-22(31)21-19(30(32)33)11-29(28-21)10-14-3-4-18-15(6-14)7-16(23)8-25-18;15-10-4-9-3-8(1-2-11(9)16-5-10)6-18-7-12(19(22)23)13(17-18)14(20)21;1-5-3-8(10)11-6(2)7(5)4-9;1-2/h3-8,11H,9-10H2,1-2H3,(H2,24,27)(H,26,31);1-5,7H,6H2,(H,20,21);3H,4,9H2,1-2H3,(H2,10,11);1H3/i;;;1D. The molecule has 8 rings (SSSR count). The van der Waals surface area contributed by atoms with E-state index in [0.717, 1.165) is 67.1 Å². The summed E-state index contributed by atoms with van der Waals surface area (Å²) < 4.78 is 18.1. The van der Waals surface area contributed by atoms with Crippen molar-refractivity contribution in [1.29, 1.82) is 0 Å². The number of carbonyl (C=O) groups excluding carboxylic acids is 1.